The number of anilines is 1. The van der Waals surface area contributed by atoms with E-state index in [0.29, 0.717) is 12.5 Å². The summed E-state index contributed by atoms with van der Waals surface area (Å²) in [7, 11) is 2.10. The van der Waals surface area contributed by atoms with Crippen LogP contribution in [0.2, 0.25) is 0 Å². The van der Waals surface area contributed by atoms with E-state index in [1.807, 2.05) is 44.2 Å². The molecule has 3 N–H and O–H groups in total. The van der Waals surface area contributed by atoms with Gasteiger partial charge in [0, 0.05) is 18.3 Å². The number of rotatable bonds is 8. The van der Waals surface area contributed by atoms with Crippen molar-refractivity contribution in [1.82, 2.24) is 4.90 Å². The predicted octanol–water partition coefficient (Wildman–Crippen LogP) is 4.34. The Labute approximate surface area is 180 Å². The summed E-state index contributed by atoms with van der Waals surface area (Å²) in [5, 5.41) is 3.12. The van der Waals surface area contributed by atoms with Crippen LogP contribution in [0.4, 0.5) is 5.69 Å². The molecular formula is C21H31IN4O. The van der Waals surface area contributed by atoms with Gasteiger partial charge in [0.15, 0.2) is 5.96 Å². The van der Waals surface area contributed by atoms with Gasteiger partial charge < -0.3 is 15.8 Å². The van der Waals surface area contributed by atoms with Crippen LogP contribution in [0.15, 0.2) is 59.6 Å². The molecule has 0 aromatic heterocycles. The van der Waals surface area contributed by atoms with Crippen LogP contribution >= 0.6 is 24.0 Å². The van der Waals surface area contributed by atoms with E-state index in [2.05, 4.69) is 53.4 Å². The molecule has 2 rings (SSSR count). The zero-order chi connectivity index (χ0) is 18.9. The van der Waals surface area contributed by atoms with Crippen molar-refractivity contribution in [3.8, 4) is 5.75 Å². The molecular weight excluding hydrogens is 451 g/mol. The molecule has 0 amide bonds. The molecule has 2 aromatic carbocycles. The van der Waals surface area contributed by atoms with E-state index < -0.39 is 0 Å². The molecule has 5 nitrogen and oxygen atoms in total. The van der Waals surface area contributed by atoms with Gasteiger partial charge in [0.2, 0.25) is 0 Å². The molecule has 0 aliphatic carbocycles. The standard InChI is InChI=1S/C21H30N4O.HI/c1-16(2)26-20-12-10-19(11-13-20)24-21(22)23-14-17(3)25(4)15-18-8-6-5-7-9-18;/h5-13,16-17H,14-15H2,1-4H3,(H3,22,23,24);1H. The lowest BCUT2D eigenvalue weighted by atomic mass is 10.2. The van der Waals surface area contributed by atoms with Gasteiger partial charge in [0.1, 0.15) is 5.75 Å². The first-order valence-corrected chi connectivity index (χ1v) is 9.02. The highest BCUT2D eigenvalue weighted by atomic mass is 127. The van der Waals surface area contributed by atoms with Crippen molar-refractivity contribution in [3.63, 3.8) is 0 Å². The number of nitrogens with zero attached hydrogens (tertiary/aromatic N) is 2. The highest BCUT2D eigenvalue weighted by Gasteiger charge is 2.09. The molecule has 0 spiro atoms. The van der Waals surface area contributed by atoms with Crippen molar-refractivity contribution in [3.05, 3.63) is 60.2 Å². The second kappa shape index (κ2) is 11.8. The molecule has 148 valence electrons. The summed E-state index contributed by atoms with van der Waals surface area (Å²) in [5.41, 5.74) is 8.20. The van der Waals surface area contributed by atoms with Gasteiger partial charge >= 0.3 is 0 Å². The van der Waals surface area contributed by atoms with Crippen molar-refractivity contribution < 1.29 is 4.74 Å². The normalized spacial score (nSPS) is 12.6. The second-order valence-corrected chi connectivity index (χ2v) is 6.79. The SMILES string of the molecule is CC(C)Oc1ccc(NC(N)=NCC(C)N(C)Cc2ccccc2)cc1.I. The van der Waals surface area contributed by atoms with Crippen LogP contribution in [0.1, 0.15) is 26.3 Å². The number of likely N-dealkylation sites (N-methyl/N-ethyl adjacent to an activating group) is 1. The number of aliphatic imine (C=N–C) groups is 1. The molecule has 0 aliphatic rings. The first-order chi connectivity index (χ1) is 12.4. The summed E-state index contributed by atoms with van der Waals surface area (Å²) in [6.45, 7) is 7.69. The zero-order valence-corrected chi connectivity index (χ0v) is 18.9. The van der Waals surface area contributed by atoms with E-state index in [9.17, 15) is 0 Å². The fourth-order valence-corrected chi connectivity index (χ4v) is 2.47. The molecule has 1 unspecified atom stereocenters. The molecule has 0 saturated carbocycles. The van der Waals surface area contributed by atoms with Crippen LogP contribution in [-0.4, -0.2) is 36.6 Å². The van der Waals surface area contributed by atoms with Crippen molar-refractivity contribution in [2.75, 3.05) is 18.9 Å². The minimum Gasteiger partial charge on any atom is -0.491 e. The maximum atomic E-state index is 6.01. The third-order valence-corrected chi connectivity index (χ3v) is 4.05. The van der Waals surface area contributed by atoms with Crippen LogP contribution in [0.5, 0.6) is 5.75 Å². The van der Waals surface area contributed by atoms with E-state index in [-0.39, 0.29) is 36.1 Å². The maximum Gasteiger partial charge on any atom is 0.193 e. The van der Waals surface area contributed by atoms with Crippen molar-refractivity contribution in [2.24, 2.45) is 10.7 Å². The van der Waals surface area contributed by atoms with Crippen LogP contribution < -0.4 is 15.8 Å². The molecule has 0 aliphatic heterocycles. The number of ether oxygens (including phenoxy) is 1. The summed E-state index contributed by atoms with van der Waals surface area (Å²) in [4.78, 5) is 6.73. The van der Waals surface area contributed by atoms with E-state index >= 15 is 0 Å². The van der Waals surface area contributed by atoms with Crippen molar-refractivity contribution in [2.45, 2.75) is 39.5 Å². The largest absolute Gasteiger partial charge is 0.491 e. The molecule has 2 aromatic rings. The Balaban J connectivity index is 0.00000364. The summed E-state index contributed by atoms with van der Waals surface area (Å²) in [6, 6.07) is 18.4. The average molecular weight is 482 g/mol. The van der Waals surface area contributed by atoms with Crippen LogP contribution in [-0.2, 0) is 6.54 Å². The number of nitrogens with two attached hydrogens (primary N) is 1. The van der Waals surface area contributed by atoms with E-state index in [4.69, 9.17) is 10.5 Å². The van der Waals surface area contributed by atoms with Crippen molar-refractivity contribution >= 4 is 35.6 Å². The van der Waals surface area contributed by atoms with Crippen molar-refractivity contribution in [1.29, 1.82) is 0 Å². The first-order valence-electron chi connectivity index (χ1n) is 9.02. The molecule has 0 heterocycles. The Morgan fingerprint density at radius 1 is 1.07 bits per heavy atom. The summed E-state index contributed by atoms with van der Waals surface area (Å²) >= 11 is 0. The van der Waals surface area contributed by atoms with E-state index in [0.717, 1.165) is 18.0 Å². The fourth-order valence-electron chi connectivity index (χ4n) is 2.47. The van der Waals surface area contributed by atoms with Gasteiger partial charge in [-0.3, -0.25) is 9.89 Å². The highest BCUT2D eigenvalue weighted by molar-refractivity contribution is 14.0. The molecule has 1 atom stereocenters. The van der Waals surface area contributed by atoms with Gasteiger partial charge in [-0.05, 0) is 57.6 Å². The lowest BCUT2D eigenvalue weighted by Crippen LogP contribution is -2.32. The molecule has 6 heteroatoms. The lowest BCUT2D eigenvalue weighted by Gasteiger charge is -2.23. The van der Waals surface area contributed by atoms with Gasteiger partial charge in [-0.15, -0.1) is 24.0 Å². The predicted molar refractivity (Wildman–Crippen MR) is 125 cm³/mol. The van der Waals surface area contributed by atoms with Crippen LogP contribution in [0.25, 0.3) is 0 Å². The number of guanidine groups is 1. The van der Waals surface area contributed by atoms with Crippen LogP contribution in [0.3, 0.4) is 0 Å². The Kier molecular flexibility index (Phi) is 10.2. The number of hydrogen-bond acceptors (Lipinski definition) is 3. The average Bonchev–Trinajstić information content (AvgIpc) is 2.61. The van der Waals surface area contributed by atoms with Gasteiger partial charge in [0.25, 0.3) is 0 Å². The summed E-state index contributed by atoms with van der Waals surface area (Å²) in [6.07, 6.45) is 0.162. The summed E-state index contributed by atoms with van der Waals surface area (Å²) in [5.74, 6) is 1.26. The van der Waals surface area contributed by atoms with Gasteiger partial charge in [-0.25, -0.2) is 0 Å². The Bertz CT molecular complexity index is 689. The molecule has 0 saturated heterocycles. The summed E-state index contributed by atoms with van der Waals surface area (Å²) < 4.78 is 5.63. The fraction of sp³-hybridized carbons (Fsp3) is 0.381. The lowest BCUT2D eigenvalue weighted by molar-refractivity contribution is 0.242. The third-order valence-electron chi connectivity index (χ3n) is 4.05. The van der Waals surface area contributed by atoms with E-state index in [1.165, 1.54) is 5.56 Å². The minimum absolute atomic E-state index is 0. The maximum absolute atomic E-state index is 6.01. The van der Waals surface area contributed by atoms with Crippen LogP contribution in [0, 0.1) is 0 Å². The Hall–Kier alpha value is -1.80. The Morgan fingerprint density at radius 3 is 2.30 bits per heavy atom. The molecule has 27 heavy (non-hydrogen) atoms. The number of halogens is 1. The third kappa shape index (κ3) is 8.62. The minimum atomic E-state index is 0. The van der Waals surface area contributed by atoms with Gasteiger partial charge in [-0.1, -0.05) is 30.3 Å². The van der Waals surface area contributed by atoms with Gasteiger partial charge in [0.05, 0.1) is 12.6 Å². The first kappa shape index (κ1) is 23.2. The van der Waals surface area contributed by atoms with Gasteiger partial charge in [-0.2, -0.15) is 0 Å². The second-order valence-electron chi connectivity index (χ2n) is 6.79. The molecule has 0 bridgehead atoms. The molecule has 0 fully saturated rings. The zero-order valence-electron chi connectivity index (χ0n) is 16.6. The number of hydrogen-bond donors (Lipinski definition) is 2. The number of nitrogens with one attached hydrogen (secondary N) is 1. The number of benzene rings is 2. The Morgan fingerprint density at radius 2 is 1.70 bits per heavy atom. The monoisotopic (exact) mass is 482 g/mol. The topological polar surface area (TPSA) is 62.9 Å². The smallest absolute Gasteiger partial charge is 0.193 e. The highest BCUT2D eigenvalue weighted by Crippen LogP contribution is 2.16. The quantitative estimate of drug-likeness (QED) is 0.334. The van der Waals surface area contributed by atoms with E-state index in [1.54, 1.807) is 0 Å². The molecule has 0 radical (unpaired) electrons.